The van der Waals surface area contributed by atoms with E-state index in [4.69, 9.17) is 16.6 Å². The highest BCUT2D eigenvalue weighted by Gasteiger charge is 2.42. The van der Waals surface area contributed by atoms with E-state index >= 15 is 0 Å². The molecular formula is C27H30N2O6S3. The molecule has 5 rings (SSSR count). The second kappa shape index (κ2) is 9.04. The third-order valence-electron chi connectivity index (χ3n) is 7.90. The molecule has 3 aliphatic heterocycles. The van der Waals surface area contributed by atoms with Gasteiger partial charge in [-0.2, -0.15) is 8.42 Å². The molecule has 8 nitrogen and oxygen atoms in total. The van der Waals surface area contributed by atoms with Crippen molar-refractivity contribution in [2.45, 2.75) is 63.7 Å². The van der Waals surface area contributed by atoms with Gasteiger partial charge >= 0.3 is 5.63 Å². The van der Waals surface area contributed by atoms with Crippen molar-refractivity contribution in [2.75, 3.05) is 18.0 Å². The van der Waals surface area contributed by atoms with Crippen LogP contribution < -0.4 is 10.5 Å². The predicted octanol–water partition coefficient (Wildman–Crippen LogP) is 4.95. The van der Waals surface area contributed by atoms with Gasteiger partial charge in [0.05, 0.1) is 10.5 Å². The van der Waals surface area contributed by atoms with Crippen LogP contribution >= 0.6 is 24.0 Å². The lowest BCUT2D eigenvalue weighted by atomic mass is 9.69. The first-order chi connectivity index (χ1) is 17.6. The maximum absolute atomic E-state index is 13.1. The molecule has 0 spiro atoms. The van der Waals surface area contributed by atoms with Crippen LogP contribution in [0.5, 0.6) is 0 Å². The van der Waals surface area contributed by atoms with E-state index in [1.807, 2.05) is 6.07 Å². The number of benzene rings is 1. The molecule has 1 fully saturated rings. The van der Waals surface area contributed by atoms with E-state index in [-0.39, 0.29) is 20.1 Å². The summed E-state index contributed by atoms with van der Waals surface area (Å²) in [5.74, 6) is -0.625. The number of nitrogens with zero attached hydrogens (tertiary/aromatic N) is 2. The van der Waals surface area contributed by atoms with Crippen molar-refractivity contribution in [1.82, 2.24) is 4.90 Å². The lowest BCUT2D eigenvalue weighted by molar-refractivity contribution is -0.122. The van der Waals surface area contributed by atoms with Crippen LogP contribution in [0.15, 0.2) is 38.4 Å². The minimum Gasteiger partial charge on any atom is -0.422 e. The van der Waals surface area contributed by atoms with Crippen molar-refractivity contribution in [3.8, 4) is 0 Å². The first kappa shape index (κ1) is 27.1. The summed E-state index contributed by atoms with van der Waals surface area (Å²) in [5.41, 5.74) is 3.89. The third-order valence-corrected chi connectivity index (χ3v) is 10.3. The smallest absolute Gasteiger partial charge is 0.343 e. The summed E-state index contributed by atoms with van der Waals surface area (Å²) in [5, 5.41) is -0.634. The van der Waals surface area contributed by atoms with Gasteiger partial charge in [0.15, 0.2) is 5.37 Å². The number of rotatable bonds is 4. The Morgan fingerprint density at radius 2 is 1.79 bits per heavy atom. The van der Waals surface area contributed by atoms with E-state index in [1.165, 1.54) is 24.3 Å². The molecule has 1 amide bonds. The number of hydrogen-bond donors (Lipinski definition) is 1. The van der Waals surface area contributed by atoms with Gasteiger partial charge in [0.1, 0.15) is 9.90 Å². The highest BCUT2D eigenvalue weighted by atomic mass is 32.2. The Hall–Kier alpha value is -2.47. The molecule has 1 atom stereocenters. The zero-order chi connectivity index (χ0) is 27.8. The SMILES string of the molecule is CC(N1C(=O)C(=CC=Cc2cc3cc4c5c(c3oc2=O)C(C)(C)CCN5CCC4(C)C)SC1=S)S(=O)(=O)O. The summed E-state index contributed by atoms with van der Waals surface area (Å²) >= 11 is 6.07. The highest BCUT2D eigenvalue weighted by Crippen LogP contribution is 2.51. The van der Waals surface area contributed by atoms with E-state index in [9.17, 15) is 22.6 Å². The molecule has 1 aromatic heterocycles. The van der Waals surface area contributed by atoms with Gasteiger partial charge in [-0.3, -0.25) is 14.2 Å². The number of anilines is 1. The van der Waals surface area contributed by atoms with Gasteiger partial charge in [-0.15, -0.1) is 0 Å². The quantitative estimate of drug-likeness (QED) is 0.235. The van der Waals surface area contributed by atoms with Crippen molar-refractivity contribution in [1.29, 1.82) is 0 Å². The Balaban J connectivity index is 1.55. The average molecular weight is 575 g/mol. The highest BCUT2D eigenvalue weighted by molar-refractivity contribution is 8.26. The van der Waals surface area contributed by atoms with Gasteiger partial charge in [0, 0.05) is 29.7 Å². The minimum absolute atomic E-state index is 0.0116. The summed E-state index contributed by atoms with van der Waals surface area (Å²) in [7, 11) is -4.49. The molecular weight excluding hydrogens is 545 g/mol. The molecule has 3 aliphatic rings. The van der Waals surface area contributed by atoms with E-state index in [1.54, 1.807) is 12.2 Å². The monoisotopic (exact) mass is 574 g/mol. The van der Waals surface area contributed by atoms with E-state index in [2.05, 4.69) is 38.7 Å². The molecule has 0 bridgehead atoms. The number of thioether (sulfide) groups is 1. The van der Waals surface area contributed by atoms with Crippen LogP contribution in [0.2, 0.25) is 0 Å². The minimum atomic E-state index is -4.49. The molecule has 1 aromatic carbocycles. The predicted molar refractivity (Wildman–Crippen MR) is 155 cm³/mol. The molecule has 2 aromatic rings. The summed E-state index contributed by atoms with van der Waals surface area (Å²) < 4.78 is 38.3. The average Bonchev–Trinajstić information content (AvgIpc) is 3.09. The van der Waals surface area contributed by atoms with Crippen LogP contribution in [0.1, 0.15) is 64.2 Å². The van der Waals surface area contributed by atoms with Crippen molar-refractivity contribution >= 4 is 67.1 Å². The maximum Gasteiger partial charge on any atom is 0.343 e. The summed E-state index contributed by atoms with van der Waals surface area (Å²) in [4.78, 5) is 29.2. The van der Waals surface area contributed by atoms with Crippen LogP contribution in [0, 0.1) is 0 Å². The van der Waals surface area contributed by atoms with Gasteiger partial charge in [0.2, 0.25) is 0 Å². The summed E-state index contributed by atoms with van der Waals surface area (Å²) in [6.45, 7) is 12.1. The van der Waals surface area contributed by atoms with Crippen LogP contribution in [0.25, 0.3) is 17.0 Å². The second-order valence-corrected chi connectivity index (χ2v) is 14.7. The number of amides is 1. The van der Waals surface area contributed by atoms with E-state index in [0.29, 0.717) is 11.1 Å². The van der Waals surface area contributed by atoms with E-state index < -0.39 is 27.0 Å². The number of hydrogen-bond acceptors (Lipinski definition) is 8. The van der Waals surface area contributed by atoms with Gasteiger partial charge < -0.3 is 9.32 Å². The summed E-state index contributed by atoms with van der Waals surface area (Å²) in [6, 6.07) is 3.97. The molecule has 4 heterocycles. The fourth-order valence-electron chi connectivity index (χ4n) is 5.46. The van der Waals surface area contributed by atoms with Crippen molar-refractivity contribution < 1.29 is 22.2 Å². The standard InChI is InChI=1S/C27H30N2O6S3/c1-15(38(32,33)34)29-23(30)19(37-25(29)36)8-6-7-16-13-17-14-18-21-20(22(17)35-24(16)31)27(4,5)10-12-28(21)11-9-26(18,2)3/h6-8,13-15H,9-12H2,1-5H3,(H,32,33,34). The van der Waals surface area contributed by atoms with Crippen LogP contribution in [0.4, 0.5) is 5.69 Å². The molecule has 38 heavy (non-hydrogen) atoms. The Labute approximate surface area is 231 Å². The molecule has 0 saturated carbocycles. The summed E-state index contributed by atoms with van der Waals surface area (Å²) in [6.07, 6.45) is 6.60. The molecule has 202 valence electrons. The van der Waals surface area contributed by atoms with Crippen molar-refractivity contribution in [3.05, 3.63) is 56.3 Å². The molecule has 1 N–H and O–H groups in total. The van der Waals surface area contributed by atoms with Crippen LogP contribution in [0.3, 0.4) is 0 Å². The number of carbonyl (C=O) groups is 1. The Morgan fingerprint density at radius 1 is 1.13 bits per heavy atom. The number of carbonyl (C=O) groups excluding carboxylic acids is 1. The number of thiocarbonyl (C=S) groups is 1. The Bertz CT molecular complexity index is 1620. The fourth-order valence-corrected chi connectivity index (χ4v) is 7.43. The number of allylic oxidation sites excluding steroid dienone is 2. The molecule has 0 radical (unpaired) electrons. The zero-order valence-electron chi connectivity index (χ0n) is 21.9. The molecule has 1 unspecified atom stereocenters. The lowest BCUT2D eigenvalue weighted by Gasteiger charge is -2.48. The second-order valence-electron chi connectivity index (χ2n) is 11.4. The maximum atomic E-state index is 13.1. The van der Waals surface area contributed by atoms with Crippen molar-refractivity contribution in [2.24, 2.45) is 0 Å². The normalized spacial score (nSPS) is 22.5. The van der Waals surface area contributed by atoms with Gasteiger partial charge in [-0.1, -0.05) is 57.8 Å². The van der Waals surface area contributed by atoms with E-state index in [0.717, 1.165) is 53.5 Å². The largest absolute Gasteiger partial charge is 0.422 e. The Morgan fingerprint density at radius 3 is 2.45 bits per heavy atom. The van der Waals surface area contributed by atoms with Crippen LogP contribution in [-0.4, -0.2) is 46.6 Å². The number of fused-ring (bicyclic) bond motifs is 2. The van der Waals surface area contributed by atoms with Gasteiger partial charge in [-0.25, -0.2) is 4.79 Å². The first-order valence-corrected chi connectivity index (χ1v) is 15.2. The lowest BCUT2D eigenvalue weighted by Crippen LogP contribution is -2.44. The van der Waals surface area contributed by atoms with Gasteiger partial charge in [0.25, 0.3) is 16.0 Å². The zero-order valence-corrected chi connectivity index (χ0v) is 24.3. The topological polar surface area (TPSA) is 108 Å². The third kappa shape index (κ3) is 4.43. The Kier molecular flexibility index (Phi) is 6.45. The van der Waals surface area contributed by atoms with Crippen molar-refractivity contribution in [3.63, 3.8) is 0 Å². The molecule has 11 heteroatoms. The fraction of sp³-hybridized carbons (Fsp3) is 0.444. The van der Waals surface area contributed by atoms with Crippen LogP contribution in [-0.2, 0) is 25.7 Å². The first-order valence-electron chi connectivity index (χ1n) is 12.4. The molecule has 1 saturated heterocycles. The van der Waals surface area contributed by atoms with Gasteiger partial charge in [-0.05, 0) is 60.4 Å². The molecule has 0 aliphatic carbocycles.